The van der Waals surface area contributed by atoms with Crippen molar-refractivity contribution in [2.45, 2.75) is 51.2 Å². The highest BCUT2D eigenvalue weighted by Crippen LogP contribution is 2.20. The molecule has 0 saturated heterocycles. The van der Waals surface area contributed by atoms with Crippen molar-refractivity contribution in [3.8, 4) is 0 Å². The Morgan fingerprint density at radius 2 is 2.00 bits per heavy atom. The molecule has 16 heavy (non-hydrogen) atoms. The summed E-state index contributed by atoms with van der Waals surface area (Å²) >= 11 is 4.03. The van der Waals surface area contributed by atoms with E-state index in [1.807, 2.05) is 0 Å². The van der Waals surface area contributed by atoms with Gasteiger partial charge in [0.25, 0.3) is 0 Å². The van der Waals surface area contributed by atoms with Crippen LogP contribution in [0.1, 0.15) is 39.0 Å². The van der Waals surface area contributed by atoms with E-state index in [1.54, 1.807) is 0 Å². The number of amides is 1. The van der Waals surface area contributed by atoms with Crippen LogP contribution in [0.2, 0.25) is 0 Å². The van der Waals surface area contributed by atoms with E-state index in [2.05, 4.69) is 17.9 Å². The van der Waals surface area contributed by atoms with Crippen molar-refractivity contribution in [1.82, 2.24) is 5.32 Å². The molecule has 5 heteroatoms. The van der Waals surface area contributed by atoms with Gasteiger partial charge in [-0.05, 0) is 25.7 Å². The van der Waals surface area contributed by atoms with Gasteiger partial charge in [-0.1, -0.05) is 6.42 Å². The maximum atomic E-state index is 11.7. The molecule has 0 heterocycles. The normalized spacial score (nSPS) is 18.9. The first kappa shape index (κ1) is 13.4. The average molecular weight is 245 g/mol. The van der Waals surface area contributed by atoms with Gasteiger partial charge in [0.15, 0.2) is 0 Å². The van der Waals surface area contributed by atoms with Gasteiger partial charge in [-0.15, -0.1) is 0 Å². The summed E-state index contributed by atoms with van der Waals surface area (Å²) in [4.78, 5) is 22.5. The second-order valence-electron chi connectivity index (χ2n) is 4.13. The molecule has 1 fully saturated rings. The van der Waals surface area contributed by atoms with Crippen LogP contribution in [0.3, 0.4) is 0 Å². The lowest BCUT2D eigenvalue weighted by Gasteiger charge is -2.24. The van der Waals surface area contributed by atoms with E-state index in [-0.39, 0.29) is 23.7 Å². The van der Waals surface area contributed by atoms with Crippen LogP contribution in [0.4, 0.5) is 0 Å². The predicted molar refractivity (Wildman–Crippen MR) is 64.4 cm³/mol. The number of nitrogens with one attached hydrogen (secondary N) is 1. The Morgan fingerprint density at radius 1 is 1.38 bits per heavy atom. The smallest absolute Gasteiger partial charge is 0.329 e. The number of carbonyl (C=O) groups is 2. The Morgan fingerprint density at radius 3 is 2.50 bits per heavy atom. The number of esters is 1. The fourth-order valence-corrected chi connectivity index (χ4v) is 2.09. The average Bonchev–Trinajstić information content (AvgIpc) is 2.26. The van der Waals surface area contributed by atoms with E-state index < -0.39 is 6.04 Å². The first-order valence-electron chi connectivity index (χ1n) is 5.72. The lowest BCUT2D eigenvalue weighted by Crippen LogP contribution is -2.43. The maximum Gasteiger partial charge on any atom is 0.329 e. The van der Waals surface area contributed by atoms with Crippen LogP contribution in [0, 0.1) is 0 Å². The molecule has 4 nitrogen and oxygen atoms in total. The molecule has 0 aromatic heterocycles. The topological polar surface area (TPSA) is 55.4 Å². The van der Waals surface area contributed by atoms with E-state index in [9.17, 15) is 9.59 Å². The fourth-order valence-electron chi connectivity index (χ4n) is 1.85. The van der Waals surface area contributed by atoms with Crippen molar-refractivity contribution in [3.05, 3.63) is 0 Å². The Bertz CT molecular complexity index is 252. The maximum absolute atomic E-state index is 11.7. The van der Waals surface area contributed by atoms with Gasteiger partial charge >= 0.3 is 5.97 Å². The minimum Gasteiger partial charge on any atom is -0.461 e. The summed E-state index contributed by atoms with van der Waals surface area (Å²) in [7, 11) is 0. The molecule has 1 unspecified atom stereocenters. The third kappa shape index (κ3) is 4.43. The largest absolute Gasteiger partial charge is 0.461 e. The standard InChI is InChI=1S/C11H19NO3S/c1-8(13)12-10(7-16)11(14)15-9-5-3-2-4-6-9/h9-10,16H,2-7H2,1H3,(H,12,13). The van der Waals surface area contributed by atoms with Gasteiger partial charge < -0.3 is 10.1 Å². The zero-order valence-electron chi connectivity index (χ0n) is 9.57. The van der Waals surface area contributed by atoms with E-state index >= 15 is 0 Å². The van der Waals surface area contributed by atoms with Crippen molar-refractivity contribution < 1.29 is 14.3 Å². The molecule has 1 rings (SSSR count). The minimum atomic E-state index is -0.622. The SMILES string of the molecule is CC(=O)NC(CS)C(=O)OC1CCCCC1. The second-order valence-corrected chi connectivity index (χ2v) is 4.50. The van der Waals surface area contributed by atoms with Crippen LogP contribution in [0.15, 0.2) is 0 Å². The number of hydrogen-bond donors (Lipinski definition) is 2. The summed E-state index contributed by atoms with van der Waals surface area (Å²) in [6.45, 7) is 1.38. The summed E-state index contributed by atoms with van der Waals surface area (Å²) in [6, 6.07) is -0.622. The van der Waals surface area contributed by atoms with Gasteiger partial charge in [0.05, 0.1) is 0 Å². The molecule has 0 spiro atoms. The summed E-state index contributed by atoms with van der Waals surface area (Å²) in [5, 5.41) is 2.53. The zero-order chi connectivity index (χ0) is 12.0. The first-order chi connectivity index (χ1) is 7.63. The van der Waals surface area contributed by atoms with E-state index in [4.69, 9.17) is 4.74 Å². The highest BCUT2D eigenvalue weighted by atomic mass is 32.1. The van der Waals surface area contributed by atoms with E-state index in [1.165, 1.54) is 13.3 Å². The molecular weight excluding hydrogens is 226 g/mol. The third-order valence-electron chi connectivity index (χ3n) is 2.68. The number of rotatable bonds is 4. The summed E-state index contributed by atoms with van der Waals surface area (Å²) in [5.41, 5.74) is 0. The third-order valence-corrected chi connectivity index (χ3v) is 3.04. The van der Waals surface area contributed by atoms with Gasteiger partial charge in [0, 0.05) is 12.7 Å². The van der Waals surface area contributed by atoms with Gasteiger partial charge in [-0.3, -0.25) is 4.79 Å². The van der Waals surface area contributed by atoms with Gasteiger partial charge in [0.1, 0.15) is 12.1 Å². The lowest BCUT2D eigenvalue weighted by molar-refractivity contribution is -0.153. The monoisotopic (exact) mass is 245 g/mol. The van der Waals surface area contributed by atoms with E-state index in [0.29, 0.717) is 0 Å². The number of hydrogen-bond acceptors (Lipinski definition) is 4. The minimum absolute atomic E-state index is 0.0254. The van der Waals surface area contributed by atoms with Crippen LogP contribution in [-0.4, -0.2) is 29.8 Å². The molecule has 0 aliphatic heterocycles. The van der Waals surface area contributed by atoms with Crippen molar-refractivity contribution >= 4 is 24.5 Å². The van der Waals surface area contributed by atoms with Crippen LogP contribution in [0.5, 0.6) is 0 Å². The Kier molecular flexibility index (Phi) is 5.66. The number of carbonyl (C=O) groups excluding carboxylic acids is 2. The molecule has 0 bridgehead atoms. The molecule has 0 aromatic rings. The summed E-state index contributed by atoms with van der Waals surface area (Å²) in [6.07, 6.45) is 5.34. The highest BCUT2D eigenvalue weighted by molar-refractivity contribution is 7.80. The molecule has 92 valence electrons. The van der Waals surface area contributed by atoms with Crippen molar-refractivity contribution in [3.63, 3.8) is 0 Å². The van der Waals surface area contributed by atoms with E-state index in [0.717, 1.165) is 25.7 Å². The van der Waals surface area contributed by atoms with Gasteiger partial charge in [-0.25, -0.2) is 4.79 Å². The van der Waals surface area contributed by atoms with Crippen molar-refractivity contribution in [2.24, 2.45) is 0 Å². The molecule has 1 amide bonds. The highest BCUT2D eigenvalue weighted by Gasteiger charge is 2.24. The Balaban J connectivity index is 2.38. The molecule has 1 N–H and O–H groups in total. The molecule has 0 radical (unpaired) electrons. The summed E-state index contributed by atoms with van der Waals surface area (Å²) < 4.78 is 5.34. The summed E-state index contributed by atoms with van der Waals surface area (Å²) in [5.74, 6) is -0.331. The first-order valence-corrected chi connectivity index (χ1v) is 6.35. The Hall–Kier alpha value is -0.710. The lowest BCUT2D eigenvalue weighted by atomic mass is 9.98. The second kappa shape index (κ2) is 6.78. The molecule has 1 saturated carbocycles. The van der Waals surface area contributed by atoms with Crippen LogP contribution < -0.4 is 5.32 Å². The zero-order valence-corrected chi connectivity index (χ0v) is 10.5. The molecule has 1 aliphatic rings. The number of ether oxygens (including phenoxy) is 1. The quantitative estimate of drug-likeness (QED) is 0.580. The van der Waals surface area contributed by atoms with Crippen molar-refractivity contribution in [2.75, 3.05) is 5.75 Å². The molecule has 1 atom stereocenters. The Labute approximate surface area is 102 Å². The molecular formula is C11H19NO3S. The van der Waals surface area contributed by atoms with Crippen LogP contribution in [-0.2, 0) is 14.3 Å². The van der Waals surface area contributed by atoms with Gasteiger partial charge in [-0.2, -0.15) is 12.6 Å². The van der Waals surface area contributed by atoms with Crippen LogP contribution in [0.25, 0.3) is 0 Å². The van der Waals surface area contributed by atoms with Crippen molar-refractivity contribution in [1.29, 1.82) is 0 Å². The molecule has 0 aromatic carbocycles. The van der Waals surface area contributed by atoms with Gasteiger partial charge in [0.2, 0.25) is 5.91 Å². The fraction of sp³-hybridized carbons (Fsp3) is 0.818. The number of thiol groups is 1. The molecule has 1 aliphatic carbocycles. The predicted octanol–water partition coefficient (Wildman–Crippen LogP) is 1.30. The van der Waals surface area contributed by atoms with Crippen LogP contribution >= 0.6 is 12.6 Å².